The molecule has 1 aromatic heterocycles. The fourth-order valence-corrected chi connectivity index (χ4v) is 3.52. The number of fused-ring (bicyclic) bond motifs is 1. The van der Waals surface area contributed by atoms with Crippen LogP contribution in [-0.4, -0.2) is 29.1 Å². The molecule has 2 fully saturated rings. The monoisotopic (exact) mass is 272 g/mol. The van der Waals surface area contributed by atoms with Gasteiger partial charge in [0.1, 0.15) is 5.52 Å². The number of aromatic nitrogens is 1. The van der Waals surface area contributed by atoms with Crippen molar-refractivity contribution in [1.82, 2.24) is 4.98 Å². The number of oxazole rings is 1. The van der Waals surface area contributed by atoms with E-state index in [2.05, 4.69) is 9.88 Å². The smallest absolute Gasteiger partial charge is 0.335 e. The second-order valence-corrected chi connectivity index (χ2v) is 6.05. The van der Waals surface area contributed by atoms with Crippen LogP contribution in [0.15, 0.2) is 22.6 Å². The lowest BCUT2D eigenvalue weighted by Crippen LogP contribution is -2.55. The van der Waals surface area contributed by atoms with E-state index in [1.165, 1.54) is 25.7 Å². The average Bonchev–Trinajstić information content (AvgIpc) is 3.02. The van der Waals surface area contributed by atoms with Crippen LogP contribution >= 0.6 is 0 Å². The molecule has 1 saturated carbocycles. The SMILES string of the molecule is O=C(O)c1ccc2nc(N3CC4(CCCC4)C3)oc2c1. The topological polar surface area (TPSA) is 66.6 Å². The zero-order chi connectivity index (χ0) is 13.7. The van der Waals surface area contributed by atoms with Crippen LogP contribution in [0.5, 0.6) is 0 Å². The van der Waals surface area contributed by atoms with Crippen LogP contribution in [-0.2, 0) is 0 Å². The molecule has 1 aromatic carbocycles. The predicted octanol–water partition coefficient (Wildman–Crippen LogP) is 2.91. The lowest BCUT2D eigenvalue weighted by atomic mass is 9.79. The summed E-state index contributed by atoms with van der Waals surface area (Å²) in [5.74, 6) is -0.946. The van der Waals surface area contributed by atoms with Crippen LogP contribution in [0.2, 0.25) is 0 Å². The molecule has 1 spiro atoms. The molecule has 1 aliphatic carbocycles. The Morgan fingerprint density at radius 2 is 2.05 bits per heavy atom. The number of carboxylic acid groups (broad SMARTS) is 1. The number of benzene rings is 1. The van der Waals surface area contributed by atoms with Crippen LogP contribution in [0, 0.1) is 5.41 Å². The Morgan fingerprint density at radius 3 is 2.75 bits per heavy atom. The van der Waals surface area contributed by atoms with Crippen molar-refractivity contribution in [3.8, 4) is 0 Å². The number of hydrogen-bond acceptors (Lipinski definition) is 4. The molecule has 0 atom stereocenters. The van der Waals surface area contributed by atoms with Crippen LogP contribution < -0.4 is 4.90 Å². The van der Waals surface area contributed by atoms with Gasteiger partial charge < -0.3 is 14.4 Å². The standard InChI is InChI=1S/C15H16N2O3/c18-13(19)10-3-4-11-12(7-10)20-14(16-11)17-8-15(9-17)5-1-2-6-15/h3-4,7H,1-2,5-6,8-9H2,(H,18,19). The van der Waals surface area contributed by atoms with E-state index in [0.29, 0.717) is 17.0 Å². The first-order valence-corrected chi connectivity index (χ1v) is 7.04. The van der Waals surface area contributed by atoms with Crippen LogP contribution in [0.4, 0.5) is 6.01 Å². The van der Waals surface area contributed by atoms with Gasteiger partial charge in [-0.1, -0.05) is 12.8 Å². The molecule has 2 heterocycles. The first-order valence-electron chi connectivity index (χ1n) is 7.04. The Bertz CT molecular complexity index is 677. The Hall–Kier alpha value is -2.04. The number of rotatable bonds is 2. The van der Waals surface area contributed by atoms with Crippen molar-refractivity contribution in [2.24, 2.45) is 5.41 Å². The molecular weight excluding hydrogens is 256 g/mol. The highest BCUT2D eigenvalue weighted by Gasteiger charge is 2.46. The molecule has 104 valence electrons. The normalized spacial score (nSPS) is 20.5. The molecule has 0 radical (unpaired) electrons. The predicted molar refractivity (Wildman–Crippen MR) is 74.1 cm³/mol. The highest BCUT2D eigenvalue weighted by molar-refractivity contribution is 5.92. The Balaban J connectivity index is 1.60. The molecule has 2 aliphatic rings. The largest absolute Gasteiger partial charge is 0.478 e. The van der Waals surface area contributed by atoms with Crippen molar-refractivity contribution in [3.63, 3.8) is 0 Å². The lowest BCUT2D eigenvalue weighted by Gasteiger charge is -2.47. The summed E-state index contributed by atoms with van der Waals surface area (Å²) >= 11 is 0. The molecule has 1 saturated heterocycles. The summed E-state index contributed by atoms with van der Waals surface area (Å²) in [6.07, 6.45) is 5.30. The molecule has 0 amide bonds. The van der Waals surface area contributed by atoms with Gasteiger partial charge in [0.2, 0.25) is 0 Å². The summed E-state index contributed by atoms with van der Waals surface area (Å²) in [7, 11) is 0. The maximum atomic E-state index is 10.9. The van der Waals surface area contributed by atoms with Gasteiger partial charge in [0.05, 0.1) is 5.56 Å². The van der Waals surface area contributed by atoms with Gasteiger partial charge in [0, 0.05) is 18.5 Å². The summed E-state index contributed by atoms with van der Waals surface area (Å²) in [6.45, 7) is 2.04. The third kappa shape index (κ3) is 1.69. The summed E-state index contributed by atoms with van der Waals surface area (Å²) in [6, 6.07) is 5.43. The van der Waals surface area contributed by atoms with Gasteiger partial charge in [-0.25, -0.2) is 4.79 Å². The van der Waals surface area contributed by atoms with Gasteiger partial charge in [-0.15, -0.1) is 0 Å². The van der Waals surface area contributed by atoms with Gasteiger partial charge in [0.25, 0.3) is 6.01 Å². The van der Waals surface area contributed by atoms with E-state index in [1.807, 2.05) is 0 Å². The van der Waals surface area contributed by atoms with E-state index in [-0.39, 0.29) is 5.56 Å². The van der Waals surface area contributed by atoms with E-state index in [0.717, 1.165) is 18.6 Å². The zero-order valence-electron chi connectivity index (χ0n) is 11.1. The van der Waals surface area contributed by atoms with Crippen molar-refractivity contribution in [2.75, 3.05) is 18.0 Å². The fraction of sp³-hybridized carbons (Fsp3) is 0.467. The highest BCUT2D eigenvalue weighted by atomic mass is 16.4. The summed E-state index contributed by atoms with van der Waals surface area (Å²) in [5.41, 5.74) is 1.99. The van der Waals surface area contributed by atoms with Crippen molar-refractivity contribution in [3.05, 3.63) is 23.8 Å². The molecule has 0 bridgehead atoms. The second-order valence-electron chi connectivity index (χ2n) is 6.05. The van der Waals surface area contributed by atoms with Gasteiger partial charge in [-0.05, 0) is 31.0 Å². The fourth-order valence-electron chi connectivity index (χ4n) is 3.52. The van der Waals surface area contributed by atoms with Crippen LogP contribution in [0.3, 0.4) is 0 Å². The van der Waals surface area contributed by atoms with Gasteiger partial charge >= 0.3 is 5.97 Å². The molecule has 1 aliphatic heterocycles. The number of aromatic carboxylic acids is 1. The minimum atomic E-state index is -0.946. The maximum absolute atomic E-state index is 10.9. The first kappa shape index (κ1) is 11.8. The van der Waals surface area contributed by atoms with Crippen molar-refractivity contribution < 1.29 is 14.3 Å². The van der Waals surface area contributed by atoms with Crippen LogP contribution in [0.1, 0.15) is 36.0 Å². The Kier molecular flexibility index (Phi) is 2.34. The maximum Gasteiger partial charge on any atom is 0.335 e. The molecular formula is C15H16N2O3. The number of carboxylic acids is 1. The zero-order valence-corrected chi connectivity index (χ0v) is 11.1. The average molecular weight is 272 g/mol. The number of anilines is 1. The number of hydrogen-bond donors (Lipinski definition) is 1. The third-order valence-corrected chi connectivity index (χ3v) is 4.61. The molecule has 0 unspecified atom stereocenters. The summed E-state index contributed by atoms with van der Waals surface area (Å²) < 4.78 is 5.72. The van der Waals surface area contributed by atoms with Crippen molar-refractivity contribution >= 4 is 23.1 Å². The molecule has 4 rings (SSSR count). The lowest BCUT2D eigenvalue weighted by molar-refractivity contribution is 0.0697. The first-order chi connectivity index (χ1) is 9.65. The molecule has 2 aromatic rings. The number of nitrogens with zero attached hydrogens (tertiary/aromatic N) is 2. The van der Waals surface area contributed by atoms with E-state index in [1.54, 1.807) is 18.2 Å². The minimum Gasteiger partial charge on any atom is -0.478 e. The van der Waals surface area contributed by atoms with Gasteiger partial charge in [-0.2, -0.15) is 4.98 Å². The van der Waals surface area contributed by atoms with E-state index >= 15 is 0 Å². The second kappa shape index (κ2) is 3.98. The Morgan fingerprint density at radius 1 is 1.30 bits per heavy atom. The molecule has 20 heavy (non-hydrogen) atoms. The molecule has 1 N–H and O–H groups in total. The third-order valence-electron chi connectivity index (χ3n) is 4.61. The minimum absolute atomic E-state index is 0.232. The van der Waals surface area contributed by atoms with E-state index < -0.39 is 5.97 Å². The highest BCUT2D eigenvalue weighted by Crippen LogP contribution is 2.47. The van der Waals surface area contributed by atoms with Crippen LogP contribution in [0.25, 0.3) is 11.1 Å². The summed E-state index contributed by atoms with van der Waals surface area (Å²) in [5, 5.41) is 8.98. The number of carbonyl (C=O) groups is 1. The van der Waals surface area contributed by atoms with Crippen molar-refractivity contribution in [1.29, 1.82) is 0 Å². The Labute approximate surface area is 116 Å². The molecule has 5 nitrogen and oxygen atoms in total. The van der Waals surface area contributed by atoms with E-state index in [4.69, 9.17) is 9.52 Å². The molecule has 5 heteroatoms. The van der Waals surface area contributed by atoms with E-state index in [9.17, 15) is 4.79 Å². The van der Waals surface area contributed by atoms with Gasteiger partial charge in [-0.3, -0.25) is 0 Å². The quantitative estimate of drug-likeness (QED) is 0.910. The van der Waals surface area contributed by atoms with Crippen molar-refractivity contribution in [2.45, 2.75) is 25.7 Å². The summed E-state index contributed by atoms with van der Waals surface area (Å²) in [4.78, 5) is 17.6. The van der Waals surface area contributed by atoms with Gasteiger partial charge in [0.15, 0.2) is 5.58 Å².